The third kappa shape index (κ3) is 6.61. The van der Waals surface area contributed by atoms with Crippen molar-refractivity contribution in [3.8, 4) is 50.2 Å². The molecule has 1 heterocycles. The summed E-state index contributed by atoms with van der Waals surface area (Å²) in [6.07, 6.45) is 0. The molecule has 0 atom stereocenters. The van der Waals surface area contributed by atoms with Crippen LogP contribution in [0.5, 0.6) is 0 Å². The molecule has 0 bridgehead atoms. The lowest BCUT2D eigenvalue weighted by molar-refractivity contribution is 1.18. The molecule has 0 spiro atoms. The van der Waals surface area contributed by atoms with Crippen LogP contribution in [-0.4, -0.2) is 4.57 Å². The minimum absolute atomic E-state index is 1.07. The molecular weight excluding hydrogens is 773 g/mol. The lowest BCUT2D eigenvalue weighted by Crippen LogP contribution is -2.11. The van der Waals surface area contributed by atoms with Crippen molar-refractivity contribution < 1.29 is 0 Å². The normalized spacial score (nSPS) is 11.4. The Bertz CT molecular complexity index is 3600. The fraction of sp³-hybridized carbons (Fsp3) is 0. The van der Waals surface area contributed by atoms with Crippen LogP contribution in [-0.2, 0) is 0 Å². The van der Waals surface area contributed by atoms with Gasteiger partial charge < -0.3 is 9.47 Å². The van der Waals surface area contributed by atoms with Crippen LogP contribution in [0.3, 0.4) is 0 Å². The average molecular weight is 815 g/mol. The number of fused-ring (bicyclic) bond motifs is 5. The Morgan fingerprint density at radius 3 is 1.33 bits per heavy atom. The lowest BCUT2D eigenvalue weighted by atomic mass is 9.95. The van der Waals surface area contributed by atoms with Crippen LogP contribution >= 0.6 is 0 Å². The Morgan fingerprint density at radius 2 is 0.703 bits per heavy atom. The van der Waals surface area contributed by atoms with Crippen molar-refractivity contribution in [2.75, 3.05) is 4.90 Å². The Kier molecular flexibility index (Phi) is 9.20. The van der Waals surface area contributed by atoms with Crippen molar-refractivity contribution in [1.29, 1.82) is 0 Å². The van der Waals surface area contributed by atoms with E-state index in [2.05, 4.69) is 264 Å². The predicted molar refractivity (Wildman–Crippen MR) is 272 cm³/mol. The molecule has 12 aromatic rings. The van der Waals surface area contributed by atoms with Gasteiger partial charge in [0.25, 0.3) is 0 Å². The van der Waals surface area contributed by atoms with Crippen molar-refractivity contribution in [3.63, 3.8) is 0 Å². The molecule has 0 radical (unpaired) electrons. The Morgan fingerprint density at radius 1 is 0.266 bits per heavy atom. The van der Waals surface area contributed by atoms with E-state index in [1.165, 1.54) is 65.6 Å². The molecule has 0 saturated heterocycles. The van der Waals surface area contributed by atoms with E-state index in [1.807, 2.05) is 0 Å². The highest BCUT2D eigenvalue weighted by atomic mass is 15.1. The monoisotopic (exact) mass is 814 g/mol. The lowest BCUT2D eigenvalue weighted by Gasteiger charge is -2.29. The first-order chi connectivity index (χ1) is 31.7. The van der Waals surface area contributed by atoms with Crippen molar-refractivity contribution >= 4 is 60.4 Å². The van der Waals surface area contributed by atoms with Crippen LogP contribution in [0.15, 0.2) is 255 Å². The summed E-state index contributed by atoms with van der Waals surface area (Å²) in [5.41, 5.74) is 16.2. The second kappa shape index (κ2) is 15.8. The van der Waals surface area contributed by atoms with Gasteiger partial charge in [0.2, 0.25) is 0 Å². The first-order valence-electron chi connectivity index (χ1n) is 22.0. The van der Waals surface area contributed by atoms with Crippen molar-refractivity contribution in [3.05, 3.63) is 255 Å². The standard InChI is InChI=1S/C62H42N2/c1-2-16-46(17-3-1)56-39-34-52(51-29-27-44-15-5-7-19-49(44)41-51)42-62(56)63(53-35-30-45(31-36-53)50-28-26-43-14-4-6-18-48(43)40-50)54-37-32-47(33-38-54)55-20-8-11-23-59(55)64-60-24-12-9-21-57(60)58-22-10-13-25-61(58)64/h1-42H. The highest BCUT2D eigenvalue weighted by Gasteiger charge is 2.21. The molecular formula is C62H42N2. The van der Waals surface area contributed by atoms with E-state index < -0.39 is 0 Å². The van der Waals surface area contributed by atoms with Gasteiger partial charge in [0.1, 0.15) is 0 Å². The van der Waals surface area contributed by atoms with Crippen molar-refractivity contribution in [2.24, 2.45) is 0 Å². The fourth-order valence-corrected chi connectivity index (χ4v) is 9.61. The number of hydrogen-bond donors (Lipinski definition) is 0. The van der Waals surface area contributed by atoms with E-state index in [9.17, 15) is 0 Å². The average Bonchev–Trinajstić information content (AvgIpc) is 3.71. The number of para-hydroxylation sites is 3. The minimum Gasteiger partial charge on any atom is -0.310 e. The Labute approximate surface area is 373 Å². The molecule has 0 N–H and O–H groups in total. The highest BCUT2D eigenvalue weighted by molar-refractivity contribution is 6.10. The number of benzene rings is 11. The second-order valence-electron chi connectivity index (χ2n) is 16.5. The highest BCUT2D eigenvalue weighted by Crippen LogP contribution is 2.45. The summed E-state index contributed by atoms with van der Waals surface area (Å²) >= 11 is 0. The van der Waals surface area contributed by atoms with Crippen LogP contribution < -0.4 is 4.90 Å². The van der Waals surface area contributed by atoms with E-state index in [1.54, 1.807) is 0 Å². The van der Waals surface area contributed by atoms with Gasteiger partial charge in [-0.05, 0) is 116 Å². The van der Waals surface area contributed by atoms with Gasteiger partial charge in [0, 0.05) is 33.3 Å². The molecule has 2 heteroatoms. The van der Waals surface area contributed by atoms with Crippen LogP contribution in [0.4, 0.5) is 17.1 Å². The second-order valence-corrected chi connectivity index (χ2v) is 16.5. The summed E-state index contributed by atoms with van der Waals surface area (Å²) in [4.78, 5) is 2.43. The number of hydrogen-bond acceptors (Lipinski definition) is 1. The van der Waals surface area contributed by atoms with Crippen LogP contribution in [0.2, 0.25) is 0 Å². The molecule has 1 aromatic heterocycles. The summed E-state index contributed by atoms with van der Waals surface area (Å²) in [5.74, 6) is 0. The molecule has 12 rings (SSSR count). The third-order valence-corrected chi connectivity index (χ3v) is 12.8. The molecule has 64 heavy (non-hydrogen) atoms. The third-order valence-electron chi connectivity index (χ3n) is 12.8. The van der Waals surface area contributed by atoms with Crippen LogP contribution in [0.25, 0.3) is 93.5 Å². The smallest absolute Gasteiger partial charge is 0.0546 e. The summed E-state index contributed by atoms with van der Waals surface area (Å²) < 4.78 is 2.42. The maximum absolute atomic E-state index is 2.43. The van der Waals surface area contributed by atoms with Gasteiger partial charge in [0.05, 0.1) is 22.4 Å². The zero-order valence-corrected chi connectivity index (χ0v) is 35.1. The molecule has 0 saturated carbocycles. The Balaban J connectivity index is 1.02. The maximum atomic E-state index is 2.43. The van der Waals surface area contributed by atoms with Crippen molar-refractivity contribution in [1.82, 2.24) is 4.57 Å². The molecule has 0 fully saturated rings. The topological polar surface area (TPSA) is 8.17 Å². The molecule has 11 aromatic carbocycles. The summed E-state index contributed by atoms with van der Waals surface area (Å²) in [6, 6.07) is 92.8. The minimum atomic E-state index is 1.07. The largest absolute Gasteiger partial charge is 0.310 e. The first-order valence-corrected chi connectivity index (χ1v) is 22.0. The van der Waals surface area contributed by atoms with E-state index in [0.29, 0.717) is 0 Å². The molecule has 0 amide bonds. The molecule has 0 aliphatic rings. The van der Waals surface area contributed by atoms with E-state index in [-0.39, 0.29) is 0 Å². The molecule has 0 aliphatic heterocycles. The summed E-state index contributed by atoms with van der Waals surface area (Å²) in [7, 11) is 0. The zero-order chi connectivity index (χ0) is 42.4. The van der Waals surface area contributed by atoms with Gasteiger partial charge >= 0.3 is 0 Å². The fourth-order valence-electron chi connectivity index (χ4n) is 9.61. The molecule has 2 nitrogen and oxygen atoms in total. The number of anilines is 3. The van der Waals surface area contributed by atoms with Crippen LogP contribution in [0.1, 0.15) is 0 Å². The van der Waals surface area contributed by atoms with Gasteiger partial charge in [-0.15, -0.1) is 0 Å². The van der Waals surface area contributed by atoms with E-state index >= 15 is 0 Å². The zero-order valence-electron chi connectivity index (χ0n) is 35.1. The van der Waals surface area contributed by atoms with Gasteiger partial charge in [-0.3, -0.25) is 0 Å². The van der Waals surface area contributed by atoms with E-state index in [4.69, 9.17) is 0 Å². The Hall–Kier alpha value is -8.46. The molecule has 300 valence electrons. The predicted octanol–water partition coefficient (Wildman–Crippen LogP) is 17.2. The number of nitrogens with zero attached hydrogens (tertiary/aromatic N) is 2. The van der Waals surface area contributed by atoms with Crippen molar-refractivity contribution in [2.45, 2.75) is 0 Å². The molecule has 0 aliphatic carbocycles. The summed E-state index contributed by atoms with van der Waals surface area (Å²) in [6.45, 7) is 0. The SMILES string of the molecule is c1ccc(-c2ccc(-c3ccc4ccccc4c3)cc2N(c2ccc(-c3ccc4ccccc4c3)cc2)c2ccc(-c3ccccc3-n3c4ccccc4c4ccccc43)cc2)cc1. The van der Waals surface area contributed by atoms with Gasteiger partial charge in [-0.2, -0.15) is 0 Å². The molecule has 0 unspecified atom stereocenters. The van der Waals surface area contributed by atoms with Gasteiger partial charge in [-0.25, -0.2) is 0 Å². The van der Waals surface area contributed by atoms with Gasteiger partial charge in [-0.1, -0.05) is 194 Å². The number of aromatic nitrogens is 1. The maximum Gasteiger partial charge on any atom is 0.0546 e. The number of rotatable bonds is 8. The van der Waals surface area contributed by atoms with Gasteiger partial charge in [0.15, 0.2) is 0 Å². The first kappa shape index (κ1) is 37.3. The van der Waals surface area contributed by atoms with Crippen LogP contribution in [0, 0.1) is 0 Å². The summed E-state index contributed by atoms with van der Waals surface area (Å²) in [5, 5.41) is 7.46. The quantitative estimate of drug-likeness (QED) is 0.148. The van der Waals surface area contributed by atoms with E-state index in [0.717, 1.165) is 45.0 Å².